The van der Waals surface area contributed by atoms with Crippen LogP contribution in [0.3, 0.4) is 0 Å². The minimum Gasteiger partial charge on any atom is -0.456 e. The van der Waals surface area contributed by atoms with Crippen LogP contribution in [-0.2, 0) is 5.41 Å². The molecule has 48 heavy (non-hydrogen) atoms. The van der Waals surface area contributed by atoms with E-state index in [2.05, 4.69) is 62.4 Å². The Morgan fingerprint density at radius 3 is 1.92 bits per heavy atom. The van der Waals surface area contributed by atoms with Gasteiger partial charge >= 0.3 is 0 Å². The molecule has 0 amide bonds. The summed E-state index contributed by atoms with van der Waals surface area (Å²) in [6.45, 7) is 4.52. The van der Waals surface area contributed by atoms with Gasteiger partial charge in [0.2, 0.25) is 0 Å². The molecule has 0 fully saturated rings. The third kappa shape index (κ3) is 4.02. The second-order valence-electron chi connectivity index (χ2n) is 12.9. The molecule has 0 N–H and O–H groups in total. The van der Waals surface area contributed by atoms with Crippen LogP contribution < -0.4 is 9.47 Å². The van der Waals surface area contributed by atoms with Gasteiger partial charge < -0.3 is 13.9 Å². The van der Waals surface area contributed by atoms with Crippen molar-refractivity contribution < 1.29 is 13.9 Å². The largest absolute Gasteiger partial charge is 0.456 e. The van der Waals surface area contributed by atoms with Crippen LogP contribution in [0.1, 0.15) is 25.0 Å². The highest BCUT2D eigenvalue weighted by Gasteiger charge is 2.37. The molecular formula is C42H27N3O3. The van der Waals surface area contributed by atoms with Crippen molar-refractivity contribution in [2.45, 2.75) is 19.3 Å². The van der Waals surface area contributed by atoms with Gasteiger partial charge in [0, 0.05) is 32.9 Å². The molecule has 0 unspecified atom stereocenters. The summed E-state index contributed by atoms with van der Waals surface area (Å²) in [6, 6.07) is 42.8. The standard InChI is InChI=1S/C42H27N3O3/c1-42(2)31-14-8-6-12-27(31)30-22-37-38(23-32(30)42)48-36-21-26(17-19-34(36)47-37)41-44-39(24-10-4-3-5-11-24)43-40(45-41)25-16-18-29-28-13-7-9-15-33(28)46-35(29)20-25/h3-23H,1-2H3. The van der Waals surface area contributed by atoms with Crippen molar-refractivity contribution in [3.8, 4) is 68.3 Å². The normalized spacial score (nSPS) is 13.7. The van der Waals surface area contributed by atoms with E-state index in [0.717, 1.165) is 38.6 Å². The topological polar surface area (TPSA) is 70.3 Å². The molecule has 1 aliphatic carbocycles. The van der Waals surface area contributed by atoms with Gasteiger partial charge in [0.1, 0.15) is 11.2 Å². The molecule has 0 saturated heterocycles. The molecule has 0 atom stereocenters. The molecule has 1 aliphatic heterocycles. The van der Waals surface area contributed by atoms with E-state index in [1.807, 2.05) is 78.9 Å². The Kier molecular flexibility index (Phi) is 5.53. The van der Waals surface area contributed by atoms with Crippen LogP contribution in [0.15, 0.2) is 132 Å². The average Bonchev–Trinajstić information content (AvgIpc) is 3.61. The number of nitrogens with zero attached hydrogens (tertiary/aromatic N) is 3. The van der Waals surface area contributed by atoms with Crippen LogP contribution in [0.25, 0.3) is 67.2 Å². The van der Waals surface area contributed by atoms with E-state index in [1.165, 1.54) is 22.3 Å². The summed E-state index contributed by atoms with van der Waals surface area (Å²) in [5, 5.41) is 2.13. The molecule has 0 bridgehead atoms. The summed E-state index contributed by atoms with van der Waals surface area (Å²) in [5.74, 6) is 4.32. The Labute approximate surface area is 276 Å². The second-order valence-corrected chi connectivity index (χ2v) is 12.9. The molecule has 3 heterocycles. The zero-order valence-corrected chi connectivity index (χ0v) is 26.2. The fourth-order valence-electron chi connectivity index (χ4n) is 7.13. The lowest BCUT2D eigenvalue weighted by Gasteiger charge is -2.25. The molecule has 0 saturated carbocycles. The van der Waals surface area contributed by atoms with E-state index in [4.69, 9.17) is 28.8 Å². The maximum atomic E-state index is 6.56. The van der Waals surface area contributed by atoms with Crippen molar-refractivity contribution in [1.29, 1.82) is 0 Å². The molecule has 0 radical (unpaired) electrons. The number of ether oxygens (including phenoxy) is 2. The van der Waals surface area contributed by atoms with Gasteiger partial charge in [-0.05, 0) is 70.8 Å². The summed E-state index contributed by atoms with van der Waals surface area (Å²) in [5.41, 5.74) is 8.97. The average molecular weight is 622 g/mol. The highest BCUT2D eigenvalue weighted by Crippen LogP contribution is 2.55. The number of para-hydroxylation sites is 1. The number of benzene rings is 6. The van der Waals surface area contributed by atoms with Crippen molar-refractivity contribution in [2.24, 2.45) is 0 Å². The Balaban J connectivity index is 1.07. The summed E-state index contributed by atoms with van der Waals surface area (Å²) in [4.78, 5) is 14.8. The van der Waals surface area contributed by atoms with Crippen molar-refractivity contribution in [3.63, 3.8) is 0 Å². The molecule has 8 aromatic rings. The Hall–Kier alpha value is -6.27. The number of hydrogen-bond donors (Lipinski definition) is 0. The maximum Gasteiger partial charge on any atom is 0.170 e. The van der Waals surface area contributed by atoms with Gasteiger partial charge in [0.05, 0.1) is 0 Å². The lowest BCUT2D eigenvalue weighted by Crippen LogP contribution is -2.15. The SMILES string of the molecule is CC1(C)c2ccccc2-c2cc3c(cc21)Oc1cc(-c2nc(-c4ccccc4)nc(-c4ccc5c(c4)oc4ccccc45)n2)ccc1O3. The Morgan fingerprint density at radius 2 is 1.06 bits per heavy atom. The molecule has 228 valence electrons. The van der Waals surface area contributed by atoms with Gasteiger partial charge in [0.15, 0.2) is 40.5 Å². The minimum atomic E-state index is -0.146. The fourth-order valence-corrected chi connectivity index (χ4v) is 7.13. The van der Waals surface area contributed by atoms with E-state index in [9.17, 15) is 0 Å². The van der Waals surface area contributed by atoms with E-state index < -0.39 is 0 Å². The van der Waals surface area contributed by atoms with Crippen LogP contribution in [0.4, 0.5) is 0 Å². The van der Waals surface area contributed by atoms with Crippen molar-refractivity contribution in [1.82, 2.24) is 15.0 Å². The summed E-state index contributed by atoms with van der Waals surface area (Å²) in [7, 11) is 0. The first-order valence-corrected chi connectivity index (χ1v) is 16.0. The summed E-state index contributed by atoms with van der Waals surface area (Å²) >= 11 is 0. The predicted molar refractivity (Wildman–Crippen MR) is 188 cm³/mol. The summed E-state index contributed by atoms with van der Waals surface area (Å²) < 4.78 is 19.2. The van der Waals surface area contributed by atoms with Gasteiger partial charge in [-0.15, -0.1) is 0 Å². The predicted octanol–water partition coefficient (Wildman–Crippen LogP) is 11.0. The first-order valence-electron chi connectivity index (χ1n) is 16.0. The van der Waals surface area contributed by atoms with Crippen molar-refractivity contribution >= 4 is 21.9 Å². The van der Waals surface area contributed by atoms with E-state index in [0.29, 0.717) is 40.5 Å². The lowest BCUT2D eigenvalue weighted by molar-refractivity contribution is 0.359. The number of hydrogen-bond acceptors (Lipinski definition) is 6. The van der Waals surface area contributed by atoms with Gasteiger partial charge in [-0.25, -0.2) is 15.0 Å². The van der Waals surface area contributed by atoms with Crippen LogP contribution >= 0.6 is 0 Å². The highest BCUT2D eigenvalue weighted by molar-refractivity contribution is 6.05. The first-order chi connectivity index (χ1) is 23.5. The van der Waals surface area contributed by atoms with Crippen LogP contribution in [-0.4, -0.2) is 15.0 Å². The first kappa shape index (κ1) is 26.9. The number of fused-ring (bicyclic) bond motifs is 8. The van der Waals surface area contributed by atoms with E-state index in [-0.39, 0.29) is 5.41 Å². The van der Waals surface area contributed by atoms with Gasteiger partial charge in [0.25, 0.3) is 0 Å². The quantitative estimate of drug-likeness (QED) is 0.195. The third-order valence-electron chi connectivity index (χ3n) is 9.59. The fraction of sp³-hybridized carbons (Fsp3) is 0.0714. The number of aromatic nitrogens is 3. The van der Waals surface area contributed by atoms with Crippen LogP contribution in [0.2, 0.25) is 0 Å². The van der Waals surface area contributed by atoms with Crippen LogP contribution in [0, 0.1) is 0 Å². The maximum absolute atomic E-state index is 6.56. The zero-order chi connectivity index (χ0) is 32.0. The molecule has 6 nitrogen and oxygen atoms in total. The van der Waals surface area contributed by atoms with E-state index in [1.54, 1.807) is 0 Å². The monoisotopic (exact) mass is 621 g/mol. The third-order valence-corrected chi connectivity index (χ3v) is 9.59. The van der Waals surface area contributed by atoms with Gasteiger partial charge in [-0.1, -0.05) is 92.7 Å². The minimum absolute atomic E-state index is 0.146. The zero-order valence-electron chi connectivity index (χ0n) is 26.2. The Morgan fingerprint density at radius 1 is 0.438 bits per heavy atom. The molecular weight excluding hydrogens is 594 g/mol. The summed E-state index contributed by atoms with van der Waals surface area (Å²) in [6.07, 6.45) is 0. The molecule has 6 heteroatoms. The molecule has 10 rings (SSSR count). The number of furan rings is 1. The van der Waals surface area contributed by atoms with Gasteiger partial charge in [-0.2, -0.15) is 0 Å². The molecule has 0 spiro atoms. The lowest BCUT2D eigenvalue weighted by atomic mass is 9.82. The van der Waals surface area contributed by atoms with Crippen molar-refractivity contribution in [3.05, 3.63) is 139 Å². The highest BCUT2D eigenvalue weighted by atomic mass is 16.6. The second kappa shape index (κ2) is 9.86. The molecule has 2 aromatic heterocycles. The molecule has 2 aliphatic rings. The smallest absolute Gasteiger partial charge is 0.170 e. The van der Waals surface area contributed by atoms with Crippen molar-refractivity contribution in [2.75, 3.05) is 0 Å². The van der Waals surface area contributed by atoms with Crippen LogP contribution in [0.5, 0.6) is 23.0 Å². The van der Waals surface area contributed by atoms with Gasteiger partial charge in [-0.3, -0.25) is 0 Å². The number of rotatable bonds is 3. The Bertz CT molecular complexity index is 2610. The molecule has 6 aromatic carbocycles. The van der Waals surface area contributed by atoms with E-state index >= 15 is 0 Å².